The molecule has 0 radical (unpaired) electrons. The summed E-state index contributed by atoms with van der Waals surface area (Å²) in [6, 6.07) is 3.15. The van der Waals surface area contributed by atoms with E-state index in [2.05, 4.69) is 0 Å². The minimum atomic E-state index is -0.557. The number of amides is 1. The second kappa shape index (κ2) is 3.03. The summed E-state index contributed by atoms with van der Waals surface area (Å²) >= 11 is 5.70. The van der Waals surface area contributed by atoms with Gasteiger partial charge in [-0.2, -0.15) is 0 Å². The number of carbonyl (C=O) groups excluding carboxylic acids is 1. The number of primary amides is 1. The van der Waals surface area contributed by atoms with Crippen molar-refractivity contribution in [3.63, 3.8) is 0 Å². The van der Waals surface area contributed by atoms with E-state index in [1.54, 1.807) is 13.0 Å². The van der Waals surface area contributed by atoms with E-state index in [0.29, 0.717) is 10.7 Å². The zero-order valence-corrected chi connectivity index (χ0v) is 7.35. The number of nitrogen functional groups attached to an aromatic ring is 1. The summed E-state index contributed by atoms with van der Waals surface area (Å²) in [5.74, 6) is -0.557. The first-order chi connectivity index (χ1) is 5.52. The molecule has 1 rings (SSSR count). The molecule has 0 saturated carbocycles. The zero-order valence-electron chi connectivity index (χ0n) is 6.60. The maximum atomic E-state index is 10.8. The predicted molar refractivity (Wildman–Crippen MR) is 49.1 cm³/mol. The average molecular weight is 185 g/mol. The van der Waals surface area contributed by atoms with Crippen molar-refractivity contribution in [2.24, 2.45) is 5.73 Å². The van der Waals surface area contributed by atoms with Crippen LogP contribution < -0.4 is 11.5 Å². The van der Waals surface area contributed by atoms with Gasteiger partial charge in [0.25, 0.3) is 5.91 Å². The van der Waals surface area contributed by atoms with Gasteiger partial charge in [0.05, 0.1) is 5.56 Å². The quantitative estimate of drug-likeness (QED) is 0.647. The number of hydrogen-bond donors (Lipinski definition) is 2. The van der Waals surface area contributed by atoms with Gasteiger partial charge in [0.15, 0.2) is 0 Å². The van der Waals surface area contributed by atoms with Gasteiger partial charge >= 0.3 is 0 Å². The molecule has 0 aromatic heterocycles. The van der Waals surface area contributed by atoms with Crippen LogP contribution in [0.2, 0.25) is 5.02 Å². The molecule has 3 nitrogen and oxygen atoms in total. The van der Waals surface area contributed by atoms with Gasteiger partial charge in [-0.05, 0) is 24.6 Å². The summed E-state index contributed by atoms with van der Waals surface area (Å²) in [7, 11) is 0. The molecule has 64 valence electrons. The third-order valence-corrected chi connectivity index (χ3v) is 1.84. The van der Waals surface area contributed by atoms with Gasteiger partial charge in [0, 0.05) is 10.7 Å². The molecule has 4 N–H and O–H groups in total. The number of carbonyl (C=O) groups is 1. The first-order valence-electron chi connectivity index (χ1n) is 3.38. The first-order valence-corrected chi connectivity index (χ1v) is 3.75. The Balaban J connectivity index is 3.37. The summed E-state index contributed by atoms with van der Waals surface area (Å²) in [6.45, 7) is 1.77. The van der Waals surface area contributed by atoms with Crippen molar-refractivity contribution in [2.45, 2.75) is 6.92 Å². The second-order valence-corrected chi connectivity index (χ2v) is 2.98. The molecule has 0 spiro atoms. The molecule has 1 aromatic rings. The number of rotatable bonds is 1. The molecule has 4 heteroatoms. The lowest BCUT2D eigenvalue weighted by atomic mass is 10.1. The van der Waals surface area contributed by atoms with Gasteiger partial charge in [0.1, 0.15) is 0 Å². The van der Waals surface area contributed by atoms with Crippen LogP contribution in [-0.4, -0.2) is 5.91 Å². The van der Waals surface area contributed by atoms with Crippen molar-refractivity contribution in [1.82, 2.24) is 0 Å². The lowest BCUT2D eigenvalue weighted by molar-refractivity contribution is 0.100. The van der Waals surface area contributed by atoms with Crippen LogP contribution in [0.1, 0.15) is 15.9 Å². The number of anilines is 1. The molecule has 0 aliphatic rings. The molecule has 0 fully saturated rings. The van der Waals surface area contributed by atoms with E-state index in [-0.39, 0.29) is 5.56 Å². The highest BCUT2D eigenvalue weighted by Gasteiger charge is 2.08. The van der Waals surface area contributed by atoms with Gasteiger partial charge in [-0.25, -0.2) is 0 Å². The Morgan fingerprint density at radius 2 is 2.08 bits per heavy atom. The number of halogens is 1. The fourth-order valence-electron chi connectivity index (χ4n) is 0.958. The Bertz CT molecular complexity index is 336. The average Bonchev–Trinajstić information content (AvgIpc) is 1.96. The van der Waals surface area contributed by atoms with Crippen LogP contribution in [0.4, 0.5) is 5.69 Å². The van der Waals surface area contributed by atoms with E-state index in [1.807, 2.05) is 0 Å². The SMILES string of the molecule is Cc1cc(Cl)cc(C(N)=O)c1N. The van der Waals surface area contributed by atoms with Gasteiger partial charge in [-0.3, -0.25) is 4.79 Å². The Morgan fingerprint density at radius 1 is 1.50 bits per heavy atom. The van der Waals surface area contributed by atoms with Gasteiger partial charge in [-0.1, -0.05) is 11.6 Å². The monoisotopic (exact) mass is 184 g/mol. The fraction of sp³-hybridized carbons (Fsp3) is 0.125. The zero-order chi connectivity index (χ0) is 9.30. The summed E-state index contributed by atoms with van der Waals surface area (Å²) in [4.78, 5) is 10.8. The largest absolute Gasteiger partial charge is 0.398 e. The van der Waals surface area contributed by atoms with E-state index in [9.17, 15) is 4.79 Å². The minimum absolute atomic E-state index is 0.278. The first kappa shape index (κ1) is 8.87. The molecule has 1 amide bonds. The van der Waals surface area contributed by atoms with Crippen LogP contribution in [0.25, 0.3) is 0 Å². The molecule has 0 saturated heterocycles. The van der Waals surface area contributed by atoms with E-state index in [1.165, 1.54) is 6.07 Å². The smallest absolute Gasteiger partial charge is 0.250 e. The Kier molecular flexibility index (Phi) is 2.24. The molecule has 0 aliphatic carbocycles. The lowest BCUT2D eigenvalue weighted by Gasteiger charge is -2.05. The molecule has 1 aromatic carbocycles. The second-order valence-electron chi connectivity index (χ2n) is 2.55. The van der Waals surface area contributed by atoms with E-state index in [4.69, 9.17) is 23.1 Å². The molecule has 0 atom stereocenters. The van der Waals surface area contributed by atoms with Crippen LogP contribution in [0.5, 0.6) is 0 Å². The normalized spacial score (nSPS) is 9.83. The molecular formula is C8H9ClN2O. The fourth-order valence-corrected chi connectivity index (χ4v) is 1.23. The molecule has 0 heterocycles. The maximum absolute atomic E-state index is 10.8. The number of nitrogens with two attached hydrogens (primary N) is 2. The van der Waals surface area contributed by atoms with Gasteiger partial charge in [-0.15, -0.1) is 0 Å². The van der Waals surface area contributed by atoms with Crippen LogP contribution in [-0.2, 0) is 0 Å². The van der Waals surface area contributed by atoms with Crippen LogP contribution in [0.3, 0.4) is 0 Å². The molecule has 0 bridgehead atoms. The van der Waals surface area contributed by atoms with Crippen molar-refractivity contribution in [3.05, 3.63) is 28.3 Å². The lowest BCUT2D eigenvalue weighted by Crippen LogP contribution is -2.14. The third kappa shape index (κ3) is 1.51. The Hall–Kier alpha value is -1.22. The number of benzene rings is 1. The highest BCUT2D eigenvalue weighted by atomic mass is 35.5. The number of aryl methyl sites for hydroxylation is 1. The maximum Gasteiger partial charge on any atom is 0.250 e. The van der Waals surface area contributed by atoms with Crippen molar-refractivity contribution in [2.75, 3.05) is 5.73 Å². The number of hydrogen-bond acceptors (Lipinski definition) is 2. The summed E-state index contributed by atoms with van der Waals surface area (Å²) in [5.41, 5.74) is 12.1. The van der Waals surface area contributed by atoms with Crippen molar-refractivity contribution >= 4 is 23.2 Å². The van der Waals surface area contributed by atoms with Crippen molar-refractivity contribution in [1.29, 1.82) is 0 Å². The van der Waals surface area contributed by atoms with E-state index >= 15 is 0 Å². The Morgan fingerprint density at radius 3 is 2.58 bits per heavy atom. The predicted octanol–water partition coefficient (Wildman–Crippen LogP) is 1.33. The highest BCUT2D eigenvalue weighted by molar-refractivity contribution is 6.31. The molecule has 0 unspecified atom stereocenters. The Labute approximate surface area is 75.3 Å². The van der Waals surface area contributed by atoms with Gasteiger partial charge in [0.2, 0.25) is 0 Å². The summed E-state index contributed by atoms with van der Waals surface area (Å²) < 4.78 is 0. The molecule has 0 aliphatic heterocycles. The topological polar surface area (TPSA) is 69.1 Å². The van der Waals surface area contributed by atoms with Crippen LogP contribution in [0, 0.1) is 6.92 Å². The van der Waals surface area contributed by atoms with E-state index in [0.717, 1.165) is 5.56 Å². The van der Waals surface area contributed by atoms with E-state index < -0.39 is 5.91 Å². The van der Waals surface area contributed by atoms with Crippen LogP contribution in [0.15, 0.2) is 12.1 Å². The van der Waals surface area contributed by atoms with Crippen molar-refractivity contribution in [3.8, 4) is 0 Å². The van der Waals surface area contributed by atoms with Crippen LogP contribution >= 0.6 is 11.6 Å². The van der Waals surface area contributed by atoms with Gasteiger partial charge < -0.3 is 11.5 Å². The van der Waals surface area contributed by atoms with Crippen molar-refractivity contribution < 1.29 is 4.79 Å². The highest BCUT2D eigenvalue weighted by Crippen LogP contribution is 2.21. The summed E-state index contributed by atoms with van der Waals surface area (Å²) in [6.07, 6.45) is 0. The summed E-state index contributed by atoms with van der Waals surface area (Å²) in [5, 5.41) is 0.468. The standard InChI is InChI=1S/C8H9ClN2O/c1-4-2-5(9)3-6(7(4)10)8(11)12/h2-3H,10H2,1H3,(H2,11,12). The molecular weight excluding hydrogens is 176 g/mol. The third-order valence-electron chi connectivity index (χ3n) is 1.62. The molecule has 12 heavy (non-hydrogen) atoms. The minimum Gasteiger partial charge on any atom is -0.398 e.